The second-order valence-corrected chi connectivity index (χ2v) is 7.41. The predicted molar refractivity (Wildman–Crippen MR) is 108 cm³/mol. The number of piperidine rings is 1. The summed E-state index contributed by atoms with van der Waals surface area (Å²) in [5.74, 6) is -0.731. The van der Waals surface area contributed by atoms with Gasteiger partial charge in [-0.25, -0.2) is 19.2 Å². The molecule has 4 rings (SSSR count). The standard InChI is InChI=1S/C22H23FN4O2/c23-18-5-3-16(4-6-18)13-27-14-20(19-12-24-15-25-22(19)27)17-7-10-26(11-8-17)9-1-2-21(28)29/h1-6,12,14-15,17H,7-11,13H2,(H,28,29)/b2-1+. The molecular weight excluding hydrogens is 371 g/mol. The number of carboxylic acids is 1. The van der Waals surface area contributed by atoms with Crippen molar-refractivity contribution >= 4 is 17.0 Å². The van der Waals surface area contributed by atoms with Crippen LogP contribution in [0.1, 0.15) is 29.9 Å². The molecule has 1 aromatic carbocycles. The maximum absolute atomic E-state index is 13.2. The molecule has 3 aromatic rings. The van der Waals surface area contributed by atoms with E-state index < -0.39 is 5.97 Å². The predicted octanol–water partition coefficient (Wildman–Crippen LogP) is 3.44. The summed E-state index contributed by atoms with van der Waals surface area (Å²) in [5, 5.41) is 9.79. The van der Waals surface area contributed by atoms with Gasteiger partial charge in [0.15, 0.2) is 0 Å². The Balaban J connectivity index is 1.51. The van der Waals surface area contributed by atoms with Crippen molar-refractivity contribution in [2.24, 2.45) is 0 Å². The highest BCUT2D eigenvalue weighted by Gasteiger charge is 2.24. The molecule has 1 fully saturated rings. The second kappa shape index (κ2) is 8.53. The summed E-state index contributed by atoms with van der Waals surface area (Å²) in [6.07, 6.45) is 10.5. The smallest absolute Gasteiger partial charge is 0.328 e. The van der Waals surface area contributed by atoms with Gasteiger partial charge in [-0.1, -0.05) is 18.2 Å². The van der Waals surface area contributed by atoms with Crippen molar-refractivity contribution < 1.29 is 14.3 Å². The van der Waals surface area contributed by atoms with Crippen LogP contribution in [0.5, 0.6) is 0 Å². The van der Waals surface area contributed by atoms with Crippen LogP contribution in [0.4, 0.5) is 4.39 Å². The van der Waals surface area contributed by atoms with Gasteiger partial charge in [-0.3, -0.25) is 4.90 Å². The van der Waals surface area contributed by atoms with Crippen LogP contribution in [0.2, 0.25) is 0 Å². The molecule has 29 heavy (non-hydrogen) atoms. The van der Waals surface area contributed by atoms with E-state index in [2.05, 4.69) is 25.6 Å². The number of hydrogen-bond acceptors (Lipinski definition) is 4. The van der Waals surface area contributed by atoms with Crippen LogP contribution in [-0.4, -0.2) is 50.1 Å². The maximum atomic E-state index is 13.2. The van der Waals surface area contributed by atoms with Crippen molar-refractivity contribution in [2.45, 2.75) is 25.3 Å². The van der Waals surface area contributed by atoms with Gasteiger partial charge < -0.3 is 9.67 Å². The van der Waals surface area contributed by atoms with Crippen LogP contribution >= 0.6 is 0 Å². The van der Waals surface area contributed by atoms with E-state index >= 15 is 0 Å². The first-order valence-electron chi connectivity index (χ1n) is 9.75. The van der Waals surface area contributed by atoms with E-state index in [9.17, 15) is 9.18 Å². The van der Waals surface area contributed by atoms with Gasteiger partial charge >= 0.3 is 5.97 Å². The van der Waals surface area contributed by atoms with Crippen molar-refractivity contribution in [2.75, 3.05) is 19.6 Å². The van der Waals surface area contributed by atoms with Gasteiger partial charge in [0.1, 0.15) is 17.8 Å². The van der Waals surface area contributed by atoms with Crippen molar-refractivity contribution in [3.8, 4) is 0 Å². The Kier molecular flexibility index (Phi) is 5.67. The number of carbonyl (C=O) groups is 1. The SMILES string of the molecule is O=C(O)/C=C/CN1CCC(c2cn(Cc3ccc(F)cc3)c3ncncc23)CC1. The Hall–Kier alpha value is -3.06. The van der Waals surface area contributed by atoms with Crippen molar-refractivity contribution in [3.63, 3.8) is 0 Å². The fourth-order valence-corrected chi connectivity index (χ4v) is 4.02. The van der Waals surface area contributed by atoms with Crippen molar-refractivity contribution in [1.29, 1.82) is 0 Å². The zero-order valence-electron chi connectivity index (χ0n) is 16.0. The first-order valence-corrected chi connectivity index (χ1v) is 9.75. The zero-order chi connectivity index (χ0) is 20.2. The highest BCUT2D eigenvalue weighted by atomic mass is 19.1. The monoisotopic (exact) mass is 394 g/mol. The van der Waals surface area contributed by atoms with Gasteiger partial charge in [0.25, 0.3) is 0 Å². The highest BCUT2D eigenvalue weighted by Crippen LogP contribution is 2.33. The summed E-state index contributed by atoms with van der Waals surface area (Å²) in [6.45, 7) is 3.14. The molecule has 0 atom stereocenters. The molecule has 3 heterocycles. The van der Waals surface area contributed by atoms with Crippen LogP contribution in [0, 0.1) is 5.82 Å². The van der Waals surface area contributed by atoms with Crippen LogP contribution in [0.25, 0.3) is 11.0 Å². The van der Waals surface area contributed by atoms with Gasteiger partial charge in [-0.05, 0) is 55.1 Å². The van der Waals surface area contributed by atoms with E-state index in [0.29, 0.717) is 19.0 Å². The summed E-state index contributed by atoms with van der Waals surface area (Å²) in [7, 11) is 0. The molecule has 2 aromatic heterocycles. The minimum atomic E-state index is -0.908. The quantitative estimate of drug-likeness (QED) is 0.649. The number of rotatable bonds is 6. The van der Waals surface area contributed by atoms with E-state index in [-0.39, 0.29) is 5.82 Å². The molecule has 0 bridgehead atoms. The van der Waals surface area contributed by atoms with E-state index in [1.807, 2.05) is 6.20 Å². The largest absolute Gasteiger partial charge is 0.478 e. The van der Waals surface area contributed by atoms with Crippen LogP contribution in [-0.2, 0) is 11.3 Å². The van der Waals surface area contributed by atoms with Gasteiger partial charge in [-0.15, -0.1) is 0 Å². The third-order valence-electron chi connectivity index (χ3n) is 5.49. The summed E-state index contributed by atoms with van der Waals surface area (Å²) >= 11 is 0. The lowest BCUT2D eigenvalue weighted by atomic mass is 9.90. The molecular formula is C22H23FN4O2. The number of halogens is 1. The molecule has 0 saturated carbocycles. The highest BCUT2D eigenvalue weighted by molar-refractivity contribution is 5.80. The third kappa shape index (κ3) is 4.51. The van der Waals surface area contributed by atoms with Gasteiger partial charge in [0.2, 0.25) is 0 Å². The first-order chi connectivity index (χ1) is 14.1. The number of fused-ring (bicyclic) bond motifs is 1. The Morgan fingerprint density at radius 2 is 2.00 bits per heavy atom. The number of aromatic nitrogens is 3. The van der Waals surface area contributed by atoms with Gasteiger partial charge in [0, 0.05) is 36.9 Å². The number of likely N-dealkylation sites (tertiary alicyclic amines) is 1. The number of carboxylic acid groups (broad SMARTS) is 1. The van der Waals surface area contributed by atoms with Gasteiger partial charge in [0.05, 0.1) is 0 Å². The van der Waals surface area contributed by atoms with Crippen LogP contribution < -0.4 is 0 Å². The molecule has 0 amide bonds. The number of benzene rings is 1. The summed E-state index contributed by atoms with van der Waals surface area (Å²) in [6, 6.07) is 6.55. The average Bonchev–Trinajstić information content (AvgIpc) is 3.09. The summed E-state index contributed by atoms with van der Waals surface area (Å²) < 4.78 is 15.3. The molecule has 1 N–H and O–H groups in total. The molecule has 1 aliphatic heterocycles. The minimum Gasteiger partial charge on any atom is -0.478 e. The molecule has 6 nitrogen and oxygen atoms in total. The Morgan fingerprint density at radius 1 is 1.24 bits per heavy atom. The molecule has 0 aliphatic carbocycles. The lowest BCUT2D eigenvalue weighted by Crippen LogP contribution is -2.33. The fraction of sp³-hybridized carbons (Fsp3) is 0.318. The minimum absolute atomic E-state index is 0.237. The molecule has 1 aliphatic rings. The first kappa shape index (κ1) is 19.3. The van der Waals surface area contributed by atoms with E-state index in [4.69, 9.17) is 5.11 Å². The van der Waals surface area contributed by atoms with Gasteiger partial charge in [-0.2, -0.15) is 0 Å². The normalized spacial score (nSPS) is 16.0. The van der Waals surface area contributed by atoms with Crippen molar-refractivity contribution in [1.82, 2.24) is 19.4 Å². The van der Waals surface area contributed by atoms with Crippen molar-refractivity contribution in [3.05, 3.63) is 72.1 Å². The Morgan fingerprint density at radius 3 is 2.72 bits per heavy atom. The van der Waals surface area contributed by atoms with Crippen LogP contribution in [0.15, 0.2) is 55.1 Å². The molecule has 0 radical (unpaired) electrons. The maximum Gasteiger partial charge on any atom is 0.328 e. The number of hydrogen-bond donors (Lipinski definition) is 1. The topological polar surface area (TPSA) is 71.2 Å². The fourth-order valence-electron chi connectivity index (χ4n) is 4.02. The zero-order valence-corrected chi connectivity index (χ0v) is 16.0. The lowest BCUT2D eigenvalue weighted by Gasteiger charge is -2.31. The summed E-state index contributed by atoms with van der Waals surface area (Å²) in [5.41, 5.74) is 3.17. The Labute approximate surface area is 168 Å². The van der Waals surface area contributed by atoms with Crippen LogP contribution in [0.3, 0.4) is 0 Å². The second-order valence-electron chi connectivity index (χ2n) is 7.41. The molecule has 1 saturated heterocycles. The molecule has 150 valence electrons. The molecule has 0 spiro atoms. The molecule has 0 unspecified atom stereocenters. The molecule has 7 heteroatoms. The summed E-state index contributed by atoms with van der Waals surface area (Å²) in [4.78, 5) is 21.6. The number of nitrogens with zero attached hydrogens (tertiary/aromatic N) is 4. The van der Waals surface area contributed by atoms with E-state index in [1.54, 1.807) is 24.5 Å². The Bertz CT molecular complexity index is 1020. The number of aliphatic carboxylic acids is 1. The van der Waals surface area contributed by atoms with E-state index in [0.717, 1.165) is 42.5 Å². The van der Waals surface area contributed by atoms with E-state index in [1.165, 1.54) is 23.8 Å². The lowest BCUT2D eigenvalue weighted by molar-refractivity contribution is -0.131. The average molecular weight is 394 g/mol. The third-order valence-corrected chi connectivity index (χ3v) is 5.49.